The summed E-state index contributed by atoms with van der Waals surface area (Å²) >= 11 is 0. The maximum Gasteiger partial charge on any atom is 0.319 e. The average Bonchev–Trinajstić information content (AvgIpc) is 3.12. The molecule has 2 aliphatic rings. The molecule has 1 atom stereocenters. The van der Waals surface area contributed by atoms with E-state index < -0.39 is 6.04 Å². The van der Waals surface area contributed by atoms with Crippen molar-refractivity contribution in [3.63, 3.8) is 0 Å². The quantitative estimate of drug-likeness (QED) is 0.687. The minimum absolute atomic E-state index is 0.158. The van der Waals surface area contributed by atoms with Gasteiger partial charge in [0, 0.05) is 6.54 Å². The highest BCUT2D eigenvalue weighted by Gasteiger charge is 2.41. The van der Waals surface area contributed by atoms with Gasteiger partial charge in [-0.15, -0.1) is 0 Å². The molecular formula is C23H25N3O6. The number of carbonyl (C=O) groups is 2. The third-order valence-corrected chi connectivity index (χ3v) is 5.55. The Kier molecular flexibility index (Phi) is 5.81. The molecule has 32 heavy (non-hydrogen) atoms. The molecule has 4 rings (SSSR count). The summed E-state index contributed by atoms with van der Waals surface area (Å²) in [6.07, 6.45) is 0. The summed E-state index contributed by atoms with van der Waals surface area (Å²) in [4.78, 5) is 27.5. The number of ether oxygens (including phenoxy) is 4. The molecule has 0 spiro atoms. The summed E-state index contributed by atoms with van der Waals surface area (Å²) in [6, 6.07) is 9.99. The molecule has 0 bridgehead atoms. The molecule has 0 aromatic heterocycles. The van der Waals surface area contributed by atoms with Gasteiger partial charge in [0.1, 0.15) is 5.75 Å². The Morgan fingerprint density at radius 3 is 2.31 bits per heavy atom. The van der Waals surface area contributed by atoms with E-state index in [1.54, 1.807) is 24.1 Å². The van der Waals surface area contributed by atoms with Crippen LogP contribution >= 0.6 is 0 Å². The fraction of sp³-hybridized carbons (Fsp3) is 0.304. The number of nitrogens with zero attached hydrogens (tertiary/aromatic N) is 1. The Morgan fingerprint density at radius 1 is 0.969 bits per heavy atom. The molecule has 2 aromatic rings. The molecule has 2 heterocycles. The standard InChI is InChI=1S/C23H25N3O6/c1-29-15-7-5-6-13(8-15)11-26-12-16-19(22(26)27)20(25-23(28)24-16)14-9-17(30-2)21(32-4)18(10-14)31-3/h5-10,20H,11-12H2,1-4H3,(H2,24,25,28). The fourth-order valence-corrected chi connectivity index (χ4v) is 4.07. The summed E-state index contributed by atoms with van der Waals surface area (Å²) < 4.78 is 21.5. The molecule has 2 N–H and O–H groups in total. The van der Waals surface area contributed by atoms with Crippen LogP contribution in [0.2, 0.25) is 0 Å². The van der Waals surface area contributed by atoms with Crippen molar-refractivity contribution in [3.8, 4) is 23.0 Å². The van der Waals surface area contributed by atoms with Crippen LogP contribution < -0.4 is 29.6 Å². The number of methoxy groups -OCH3 is 4. The Balaban J connectivity index is 1.67. The lowest BCUT2D eigenvalue weighted by atomic mass is 9.95. The SMILES string of the molecule is COc1cccc(CN2CC3=C(C2=O)C(c2cc(OC)c(OC)c(OC)c2)NC(=O)N3)c1. The van der Waals surface area contributed by atoms with Crippen LogP contribution in [0.25, 0.3) is 0 Å². The second-order valence-corrected chi connectivity index (χ2v) is 7.40. The summed E-state index contributed by atoms with van der Waals surface area (Å²) in [5.74, 6) is 1.88. The van der Waals surface area contributed by atoms with Gasteiger partial charge in [0.2, 0.25) is 5.75 Å². The van der Waals surface area contributed by atoms with Crippen LogP contribution in [0.15, 0.2) is 47.7 Å². The Morgan fingerprint density at radius 2 is 1.69 bits per heavy atom. The van der Waals surface area contributed by atoms with Crippen LogP contribution in [0, 0.1) is 0 Å². The lowest BCUT2D eigenvalue weighted by Crippen LogP contribution is -2.44. The molecule has 2 aromatic carbocycles. The van der Waals surface area contributed by atoms with Crippen molar-refractivity contribution >= 4 is 11.9 Å². The van der Waals surface area contributed by atoms with Gasteiger partial charge in [0.15, 0.2) is 11.5 Å². The molecule has 0 radical (unpaired) electrons. The third-order valence-electron chi connectivity index (χ3n) is 5.55. The van der Waals surface area contributed by atoms with Crippen molar-refractivity contribution < 1.29 is 28.5 Å². The number of hydrogen-bond donors (Lipinski definition) is 2. The molecule has 0 saturated heterocycles. The summed E-state index contributed by atoms with van der Waals surface area (Å²) in [7, 11) is 6.15. The molecule has 0 saturated carbocycles. The van der Waals surface area contributed by atoms with E-state index in [-0.39, 0.29) is 11.9 Å². The van der Waals surface area contributed by atoms with Crippen molar-refractivity contribution in [2.45, 2.75) is 12.6 Å². The van der Waals surface area contributed by atoms with Crippen molar-refractivity contribution in [2.75, 3.05) is 35.0 Å². The Labute approximate surface area is 185 Å². The Hall–Kier alpha value is -3.88. The van der Waals surface area contributed by atoms with Gasteiger partial charge in [-0.2, -0.15) is 0 Å². The maximum atomic E-state index is 13.4. The average molecular weight is 439 g/mol. The molecule has 1 unspecified atom stereocenters. The zero-order valence-corrected chi connectivity index (χ0v) is 18.4. The van der Waals surface area contributed by atoms with Crippen molar-refractivity contribution in [1.29, 1.82) is 0 Å². The second kappa shape index (κ2) is 8.70. The highest BCUT2D eigenvalue weighted by molar-refractivity contribution is 6.01. The van der Waals surface area contributed by atoms with Gasteiger partial charge in [0.25, 0.3) is 5.91 Å². The minimum atomic E-state index is -0.657. The van der Waals surface area contributed by atoms with Gasteiger partial charge >= 0.3 is 6.03 Å². The van der Waals surface area contributed by atoms with E-state index in [2.05, 4.69) is 10.6 Å². The molecule has 2 aliphatic heterocycles. The number of rotatable bonds is 7. The van der Waals surface area contributed by atoms with E-state index in [0.29, 0.717) is 47.2 Å². The molecule has 0 aliphatic carbocycles. The molecular weight excluding hydrogens is 414 g/mol. The van der Waals surface area contributed by atoms with Gasteiger partial charge in [-0.3, -0.25) is 4.79 Å². The first-order valence-electron chi connectivity index (χ1n) is 10.0. The molecule has 9 nitrogen and oxygen atoms in total. The predicted octanol–water partition coefficient (Wildman–Crippen LogP) is 2.37. The van der Waals surface area contributed by atoms with Crippen molar-refractivity contribution in [2.24, 2.45) is 0 Å². The maximum absolute atomic E-state index is 13.4. The number of hydrogen-bond acceptors (Lipinski definition) is 6. The van der Waals surface area contributed by atoms with E-state index in [1.165, 1.54) is 21.3 Å². The number of urea groups is 1. The van der Waals surface area contributed by atoms with E-state index in [1.807, 2.05) is 24.3 Å². The Bertz CT molecular complexity index is 1070. The monoisotopic (exact) mass is 439 g/mol. The highest BCUT2D eigenvalue weighted by atomic mass is 16.5. The van der Waals surface area contributed by atoms with E-state index in [9.17, 15) is 9.59 Å². The lowest BCUT2D eigenvalue weighted by molar-refractivity contribution is -0.126. The van der Waals surface area contributed by atoms with Gasteiger partial charge in [-0.05, 0) is 35.4 Å². The number of amides is 3. The summed E-state index contributed by atoms with van der Waals surface area (Å²) in [5.41, 5.74) is 2.65. The number of nitrogens with one attached hydrogen (secondary N) is 2. The van der Waals surface area contributed by atoms with Gasteiger partial charge < -0.3 is 34.5 Å². The van der Waals surface area contributed by atoms with E-state index in [4.69, 9.17) is 18.9 Å². The van der Waals surface area contributed by atoms with Crippen LogP contribution in [0.3, 0.4) is 0 Å². The van der Waals surface area contributed by atoms with Gasteiger partial charge in [-0.1, -0.05) is 12.1 Å². The van der Waals surface area contributed by atoms with E-state index in [0.717, 1.165) is 11.3 Å². The lowest BCUT2D eigenvalue weighted by Gasteiger charge is -2.26. The van der Waals surface area contributed by atoms with Crippen LogP contribution in [0.4, 0.5) is 4.79 Å². The first-order valence-corrected chi connectivity index (χ1v) is 10.0. The number of benzene rings is 2. The third kappa shape index (κ3) is 3.77. The molecule has 3 amide bonds. The smallest absolute Gasteiger partial charge is 0.319 e. The number of carbonyl (C=O) groups excluding carboxylic acids is 2. The zero-order chi connectivity index (χ0) is 22.8. The topological polar surface area (TPSA) is 98.4 Å². The first kappa shape index (κ1) is 21.4. The predicted molar refractivity (Wildman–Crippen MR) is 116 cm³/mol. The van der Waals surface area contributed by atoms with Crippen LogP contribution in [-0.4, -0.2) is 51.8 Å². The van der Waals surface area contributed by atoms with Crippen LogP contribution in [0.1, 0.15) is 17.2 Å². The minimum Gasteiger partial charge on any atom is -0.497 e. The van der Waals surface area contributed by atoms with Gasteiger partial charge in [0.05, 0.1) is 52.3 Å². The zero-order valence-electron chi connectivity index (χ0n) is 18.4. The first-order chi connectivity index (χ1) is 15.5. The van der Waals surface area contributed by atoms with Crippen molar-refractivity contribution in [1.82, 2.24) is 15.5 Å². The van der Waals surface area contributed by atoms with Crippen LogP contribution in [0.5, 0.6) is 23.0 Å². The summed E-state index contributed by atoms with van der Waals surface area (Å²) in [6.45, 7) is 0.695. The normalized spacial score (nSPS) is 17.5. The highest BCUT2D eigenvalue weighted by Crippen LogP contribution is 2.42. The summed E-state index contributed by atoms with van der Waals surface area (Å²) in [5, 5.41) is 5.63. The second-order valence-electron chi connectivity index (χ2n) is 7.40. The van der Waals surface area contributed by atoms with Gasteiger partial charge in [-0.25, -0.2) is 4.79 Å². The molecule has 168 valence electrons. The molecule has 9 heteroatoms. The largest absolute Gasteiger partial charge is 0.497 e. The fourth-order valence-electron chi connectivity index (χ4n) is 4.07. The van der Waals surface area contributed by atoms with E-state index >= 15 is 0 Å². The van der Waals surface area contributed by atoms with Crippen LogP contribution in [-0.2, 0) is 11.3 Å². The van der Waals surface area contributed by atoms with Crippen molar-refractivity contribution in [3.05, 3.63) is 58.8 Å². The molecule has 0 fully saturated rings.